The summed E-state index contributed by atoms with van der Waals surface area (Å²) in [4.78, 5) is 32.2. The Bertz CT molecular complexity index is 1040. The molecule has 31 heavy (non-hydrogen) atoms. The smallest absolute Gasteiger partial charge is 0.265 e. The maximum absolute atomic E-state index is 13.2. The quantitative estimate of drug-likeness (QED) is 0.615. The summed E-state index contributed by atoms with van der Waals surface area (Å²) in [6.07, 6.45) is 3.63. The molecule has 3 aromatic rings. The predicted molar refractivity (Wildman–Crippen MR) is 116 cm³/mol. The third-order valence-corrected chi connectivity index (χ3v) is 6.69. The van der Waals surface area contributed by atoms with Crippen LogP contribution in [0, 0.1) is 18.7 Å². The van der Waals surface area contributed by atoms with Crippen molar-refractivity contribution in [3.8, 4) is 10.6 Å². The zero-order valence-electron chi connectivity index (χ0n) is 17.3. The van der Waals surface area contributed by atoms with Crippen LogP contribution in [0.5, 0.6) is 0 Å². The highest BCUT2D eigenvalue weighted by molar-refractivity contribution is 7.17. The van der Waals surface area contributed by atoms with Crippen LogP contribution in [-0.4, -0.2) is 34.8 Å². The number of furan rings is 1. The number of aryl methyl sites for hydroxylation is 1. The molecule has 6 nitrogen and oxygen atoms in total. The monoisotopic (exact) mass is 441 g/mol. The van der Waals surface area contributed by atoms with Crippen LogP contribution in [0.4, 0.5) is 4.39 Å². The number of hydrogen-bond acceptors (Lipinski definition) is 5. The molecule has 4 rings (SSSR count). The van der Waals surface area contributed by atoms with E-state index in [9.17, 15) is 14.0 Å². The molecule has 1 aromatic carbocycles. The number of carbonyl (C=O) groups is 2. The molecule has 0 spiro atoms. The molecule has 8 heteroatoms. The minimum absolute atomic E-state index is 0.00316. The molecule has 3 heterocycles. The number of nitrogens with zero attached hydrogens (tertiary/aromatic N) is 2. The van der Waals surface area contributed by atoms with Crippen molar-refractivity contribution in [1.29, 1.82) is 0 Å². The van der Waals surface area contributed by atoms with Crippen LogP contribution in [0.3, 0.4) is 0 Å². The fraction of sp³-hybridized carbons (Fsp3) is 0.348. The van der Waals surface area contributed by atoms with Gasteiger partial charge in [-0.15, -0.1) is 11.3 Å². The van der Waals surface area contributed by atoms with E-state index >= 15 is 0 Å². The number of amides is 2. The van der Waals surface area contributed by atoms with Crippen molar-refractivity contribution >= 4 is 23.2 Å². The van der Waals surface area contributed by atoms with Gasteiger partial charge in [0, 0.05) is 25.1 Å². The number of rotatable bonds is 6. The first kappa shape index (κ1) is 21.2. The summed E-state index contributed by atoms with van der Waals surface area (Å²) in [5.74, 6) is 0.671. The Labute approximate surface area is 184 Å². The van der Waals surface area contributed by atoms with Gasteiger partial charge in [-0.1, -0.05) is 0 Å². The van der Waals surface area contributed by atoms with Crippen LogP contribution in [0.15, 0.2) is 47.1 Å². The zero-order valence-corrected chi connectivity index (χ0v) is 18.1. The van der Waals surface area contributed by atoms with E-state index in [1.54, 1.807) is 24.5 Å². The van der Waals surface area contributed by atoms with Crippen molar-refractivity contribution in [1.82, 2.24) is 15.2 Å². The number of benzene rings is 1. The zero-order chi connectivity index (χ0) is 21.8. The number of hydrogen-bond donors (Lipinski definition) is 1. The van der Waals surface area contributed by atoms with Gasteiger partial charge in [0.05, 0.1) is 18.5 Å². The number of nitrogens with one attached hydrogen (secondary N) is 1. The van der Waals surface area contributed by atoms with E-state index in [0.29, 0.717) is 41.6 Å². The Balaban J connectivity index is 1.30. The van der Waals surface area contributed by atoms with Gasteiger partial charge in [0.2, 0.25) is 5.91 Å². The van der Waals surface area contributed by atoms with Crippen molar-refractivity contribution in [3.63, 3.8) is 0 Å². The maximum Gasteiger partial charge on any atom is 0.265 e. The molecular weight excluding hydrogens is 417 g/mol. The Morgan fingerprint density at radius 1 is 1.23 bits per heavy atom. The Morgan fingerprint density at radius 2 is 1.97 bits per heavy atom. The SMILES string of the molecule is Cc1nc(-c2ccc(F)cc2)sc1C(=O)N1CCC(CC(=O)NCc2ccco2)CC1. The predicted octanol–water partition coefficient (Wildman–Crippen LogP) is 4.41. The van der Waals surface area contributed by atoms with E-state index in [2.05, 4.69) is 10.3 Å². The van der Waals surface area contributed by atoms with Crippen LogP contribution in [-0.2, 0) is 11.3 Å². The fourth-order valence-electron chi connectivity index (χ4n) is 3.73. The lowest BCUT2D eigenvalue weighted by molar-refractivity contribution is -0.122. The summed E-state index contributed by atoms with van der Waals surface area (Å²) >= 11 is 1.34. The van der Waals surface area contributed by atoms with Gasteiger partial charge in [-0.25, -0.2) is 9.37 Å². The van der Waals surface area contributed by atoms with Crippen LogP contribution in [0.25, 0.3) is 10.6 Å². The van der Waals surface area contributed by atoms with E-state index in [1.807, 2.05) is 17.9 Å². The van der Waals surface area contributed by atoms with E-state index in [0.717, 1.165) is 24.2 Å². The van der Waals surface area contributed by atoms with Crippen molar-refractivity contribution < 1.29 is 18.4 Å². The second-order valence-electron chi connectivity index (χ2n) is 7.74. The van der Waals surface area contributed by atoms with E-state index in [-0.39, 0.29) is 23.5 Å². The highest BCUT2D eigenvalue weighted by atomic mass is 32.1. The molecule has 0 aliphatic carbocycles. The highest BCUT2D eigenvalue weighted by Crippen LogP contribution is 2.30. The van der Waals surface area contributed by atoms with E-state index in [4.69, 9.17) is 4.42 Å². The third-order valence-electron chi connectivity index (χ3n) is 5.50. The molecule has 1 fully saturated rings. The summed E-state index contributed by atoms with van der Waals surface area (Å²) in [5.41, 5.74) is 1.49. The first-order valence-electron chi connectivity index (χ1n) is 10.3. The average molecular weight is 442 g/mol. The molecule has 1 aliphatic rings. The molecule has 162 valence electrons. The van der Waals surface area contributed by atoms with E-state index < -0.39 is 0 Å². The van der Waals surface area contributed by atoms with Crippen molar-refractivity contribution in [2.75, 3.05) is 13.1 Å². The first-order chi connectivity index (χ1) is 15.0. The molecule has 2 amide bonds. The Hall–Kier alpha value is -3.00. The number of thiazole rings is 1. The van der Waals surface area contributed by atoms with Crippen LogP contribution in [0.1, 0.15) is 40.4 Å². The molecule has 0 bridgehead atoms. The maximum atomic E-state index is 13.2. The minimum Gasteiger partial charge on any atom is -0.467 e. The van der Waals surface area contributed by atoms with Crippen molar-refractivity contribution in [3.05, 3.63) is 64.8 Å². The van der Waals surface area contributed by atoms with Gasteiger partial charge in [0.25, 0.3) is 5.91 Å². The molecular formula is C23H24FN3O3S. The van der Waals surface area contributed by atoms with Gasteiger partial charge in [-0.05, 0) is 62.1 Å². The summed E-state index contributed by atoms with van der Waals surface area (Å²) < 4.78 is 18.4. The summed E-state index contributed by atoms with van der Waals surface area (Å²) in [6.45, 7) is 3.47. The molecule has 2 aromatic heterocycles. The Morgan fingerprint density at radius 3 is 2.65 bits per heavy atom. The number of piperidine rings is 1. The summed E-state index contributed by atoms with van der Waals surface area (Å²) in [6, 6.07) is 9.75. The minimum atomic E-state index is -0.300. The topological polar surface area (TPSA) is 75.4 Å². The largest absolute Gasteiger partial charge is 0.467 e. The average Bonchev–Trinajstić information content (AvgIpc) is 3.43. The van der Waals surface area contributed by atoms with Gasteiger partial charge >= 0.3 is 0 Å². The molecule has 0 unspecified atom stereocenters. The molecule has 0 atom stereocenters. The van der Waals surface area contributed by atoms with Crippen LogP contribution in [0.2, 0.25) is 0 Å². The second-order valence-corrected chi connectivity index (χ2v) is 8.74. The Kier molecular flexibility index (Phi) is 6.46. The van der Waals surface area contributed by atoms with Gasteiger partial charge in [0.15, 0.2) is 0 Å². The van der Waals surface area contributed by atoms with Gasteiger partial charge in [0.1, 0.15) is 21.5 Å². The highest BCUT2D eigenvalue weighted by Gasteiger charge is 2.27. The van der Waals surface area contributed by atoms with Gasteiger partial charge < -0.3 is 14.6 Å². The molecule has 1 saturated heterocycles. The second kappa shape index (κ2) is 9.43. The molecule has 1 N–H and O–H groups in total. The number of aromatic nitrogens is 1. The lowest BCUT2D eigenvalue weighted by Crippen LogP contribution is -2.39. The van der Waals surface area contributed by atoms with Crippen LogP contribution < -0.4 is 5.32 Å². The first-order valence-corrected chi connectivity index (χ1v) is 11.1. The molecule has 0 saturated carbocycles. The number of halogens is 1. The fourth-order valence-corrected chi connectivity index (χ4v) is 4.77. The lowest BCUT2D eigenvalue weighted by Gasteiger charge is -2.31. The van der Waals surface area contributed by atoms with E-state index in [1.165, 1.54) is 23.5 Å². The molecule has 0 radical (unpaired) electrons. The molecule has 1 aliphatic heterocycles. The van der Waals surface area contributed by atoms with Gasteiger partial charge in [-0.2, -0.15) is 0 Å². The standard InChI is InChI=1S/C23H24FN3O3S/c1-15-21(31-22(26-15)17-4-6-18(24)7-5-17)23(29)27-10-8-16(9-11-27)13-20(28)25-14-19-3-2-12-30-19/h2-7,12,16H,8-11,13-14H2,1H3,(H,25,28). The summed E-state index contributed by atoms with van der Waals surface area (Å²) in [5, 5.41) is 3.59. The number of likely N-dealkylation sites (tertiary alicyclic amines) is 1. The van der Waals surface area contributed by atoms with Crippen molar-refractivity contribution in [2.24, 2.45) is 5.92 Å². The number of carbonyl (C=O) groups excluding carboxylic acids is 2. The lowest BCUT2D eigenvalue weighted by atomic mass is 9.93. The normalized spacial score (nSPS) is 14.6. The third kappa shape index (κ3) is 5.19. The van der Waals surface area contributed by atoms with Crippen LogP contribution >= 0.6 is 11.3 Å². The summed E-state index contributed by atoms with van der Waals surface area (Å²) in [7, 11) is 0. The van der Waals surface area contributed by atoms with Crippen molar-refractivity contribution in [2.45, 2.75) is 32.7 Å². The van der Waals surface area contributed by atoms with Gasteiger partial charge in [-0.3, -0.25) is 9.59 Å².